The predicted molar refractivity (Wildman–Crippen MR) is 76.2 cm³/mol. The fraction of sp³-hybridized carbons (Fsp3) is 0.111. The maximum Gasteiger partial charge on any atom is 0.0242 e. The van der Waals surface area contributed by atoms with E-state index in [0.717, 1.165) is 24.0 Å². The molecular weight excluding hydrogens is 216 g/mol. The van der Waals surface area contributed by atoms with Crippen LogP contribution >= 0.6 is 0 Å². The SMILES string of the molecule is C#Cc1ccc(CCc2ccc(C#C)cc2)cc1. The van der Waals surface area contributed by atoms with Gasteiger partial charge in [0, 0.05) is 11.1 Å². The summed E-state index contributed by atoms with van der Waals surface area (Å²) in [7, 11) is 0. The van der Waals surface area contributed by atoms with Crippen LogP contribution in [0.2, 0.25) is 0 Å². The molecule has 18 heavy (non-hydrogen) atoms. The maximum absolute atomic E-state index is 5.33. The van der Waals surface area contributed by atoms with Gasteiger partial charge in [-0.05, 0) is 48.2 Å². The molecule has 0 amide bonds. The number of rotatable bonds is 3. The molecule has 2 aromatic rings. The van der Waals surface area contributed by atoms with Gasteiger partial charge in [-0.1, -0.05) is 36.1 Å². The first-order chi connectivity index (χ1) is 8.81. The number of benzene rings is 2. The van der Waals surface area contributed by atoms with Gasteiger partial charge in [0.05, 0.1) is 0 Å². The highest BCUT2D eigenvalue weighted by Crippen LogP contribution is 2.09. The topological polar surface area (TPSA) is 0 Å². The minimum absolute atomic E-state index is 0.928. The summed E-state index contributed by atoms with van der Waals surface area (Å²) in [5.41, 5.74) is 4.46. The van der Waals surface area contributed by atoms with Gasteiger partial charge < -0.3 is 0 Å². The largest absolute Gasteiger partial charge is 0.115 e. The fourth-order valence-electron chi connectivity index (χ4n) is 1.82. The van der Waals surface area contributed by atoms with Gasteiger partial charge in [-0.3, -0.25) is 0 Å². The zero-order valence-electron chi connectivity index (χ0n) is 10.2. The smallest absolute Gasteiger partial charge is 0.0242 e. The van der Waals surface area contributed by atoms with E-state index in [1.54, 1.807) is 0 Å². The molecule has 0 fully saturated rings. The lowest BCUT2D eigenvalue weighted by Gasteiger charge is -2.03. The third-order valence-electron chi connectivity index (χ3n) is 2.94. The van der Waals surface area contributed by atoms with Crippen LogP contribution in [-0.2, 0) is 12.8 Å². The van der Waals surface area contributed by atoms with Crippen molar-refractivity contribution in [3.63, 3.8) is 0 Å². The summed E-state index contributed by atoms with van der Waals surface area (Å²) in [5, 5.41) is 0. The summed E-state index contributed by atoms with van der Waals surface area (Å²) >= 11 is 0. The lowest BCUT2D eigenvalue weighted by molar-refractivity contribution is 0.960. The zero-order valence-corrected chi connectivity index (χ0v) is 10.2. The van der Waals surface area contributed by atoms with Crippen molar-refractivity contribution in [2.45, 2.75) is 12.8 Å². The highest BCUT2D eigenvalue weighted by molar-refractivity contribution is 5.36. The summed E-state index contributed by atoms with van der Waals surface area (Å²) in [6, 6.07) is 16.3. The van der Waals surface area contributed by atoms with E-state index in [2.05, 4.69) is 36.1 Å². The molecular formula is C18H14. The molecule has 0 aromatic heterocycles. The van der Waals surface area contributed by atoms with Gasteiger partial charge in [0.2, 0.25) is 0 Å². The molecule has 0 radical (unpaired) electrons. The minimum atomic E-state index is 0.928. The van der Waals surface area contributed by atoms with Crippen LogP contribution < -0.4 is 0 Å². The van der Waals surface area contributed by atoms with E-state index in [-0.39, 0.29) is 0 Å². The van der Waals surface area contributed by atoms with Gasteiger partial charge in [-0.15, -0.1) is 12.8 Å². The standard InChI is InChI=1S/C18H14/c1-3-15-5-9-17(10-6-15)13-14-18-11-7-16(4-2)8-12-18/h1-2,5-12H,13-14H2. The normalized spacial score (nSPS) is 9.44. The van der Waals surface area contributed by atoms with E-state index in [1.807, 2.05) is 24.3 Å². The Bertz CT molecular complexity index is 529. The van der Waals surface area contributed by atoms with Crippen molar-refractivity contribution in [2.24, 2.45) is 0 Å². The molecule has 0 spiro atoms. The van der Waals surface area contributed by atoms with Crippen LogP contribution in [0.4, 0.5) is 0 Å². The molecule has 0 aliphatic heterocycles. The van der Waals surface area contributed by atoms with E-state index in [1.165, 1.54) is 11.1 Å². The first-order valence-corrected chi connectivity index (χ1v) is 5.93. The van der Waals surface area contributed by atoms with Crippen LogP contribution in [0.15, 0.2) is 48.5 Å². The maximum atomic E-state index is 5.33. The summed E-state index contributed by atoms with van der Waals surface area (Å²) < 4.78 is 0. The highest BCUT2D eigenvalue weighted by atomic mass is 14.0. The second kappa shape index (κ2) is 5.76. The Hall–Kier alpha value is -2.44. The average molecular weight is 230 g/mol. The molecule has 0 nitrogen and oxygen atoms in total. The van der Waals surface area contributed by atoms with Crippen LogP contribution in [0.25, 0.3) is 0 Å². The second-order valence-corrected chi connectivity index (χ2v) is 4.18. The lowest BCUT2D eigenvalue weighted by Crippen LogP contribution is -1.91. The Morgan fingerprint density at radius 3 is 1.22 bits per heavy atom. The summed E-state index contributed by atoms with van der Waals surface area (Å²) in [5.74, 6) is 5.24. The molecule has 86 valence electrons. The summed E-state index contributed by atoms with van der Waals surface area (Å²) in [4.78, 5) is 0. The Balaban J connectivity index is 1.98. The molecule has 0 N–H and O–H groups in total. The van der Waals surface area contributed by atoms with E-state index >= 15 is 0 Å². The first-order valence-electron chi connectivity index (χ1n) is 5.93. The van der Waals surface area contributed by atoms with Crippen molar-refractivity contribution in [2.75, 3.05) is 0 Å². The van der Waals surface area contributed by atoms with Crippen LogP contribution in [-0.4, -0.2) is 0 Å². The quantitative estimate of drug-likeness (QED) is 0.709. The van der Waals surface area contributed by atoms with Gasteiger partial charge >= 0.3 is 0 Å². The van der Waals surface area contributed by atoms with Crippen molar-refractivity contribution in [3.05, 3.63) is 70.8 Å². The van der Waals surface area contributed by atoms with E-state index in [9.17, 15) is 0 Å². The molecule has 0 heterocycles. The number of aryl methyl sites for hydroxylation is 2. The van der Waals surface area contributed by atoms with E-state index in [0.29, 0.717) is 0 Å². The van der Waals surface area contributed by atoms with Gasteiger partial charge in [0.25, 0.3) is 0 Å². The minimum Gasteiger partial charge on any atom is -0.115 e. The summed E-state index contributed by atoms with van der Waals surface area (Å²) in [6.45, 7) is 0. The van der Waals surface area contributed by atoms with Gasteiger partial charge in [0.1, 0.15) is 0 Å². The number of hydrogen-bond donors (Lipinski definition) is 0. The summed E-state index contributed by atoms with van der Waals surface area (Å²) in [6.07, 6.45) is 12.7. The van der Waals surface area contributed by atoms with Crippen molar-refractivity contribution in [3.8, 4) is 24.7 Å². The van der Waals surface area contributed by atoms with Crippen LogP contribution in [0.3, 0.4) is 0 Å². The molecule has 2 aromatic carbocycles. The molecule has 0 heteroatoms. The monoisotopic (exact) mass is 230 g/mol. The van der Waals surface area contributed by atoms with Crippen LogP contribution in [0, 0.1) is 24.7 Å². The van der Waals surface area contributed by atoms with E-state index < -0.39 is 0 Å². The molecule has 0 aliphatic rings. The van der Waals surface area contributed by atoms with Crippen LogP contribution in [0.1, 0.15) is 22.3 Å². The molecule has 0 unspecified atom stereocenters. The molecule has 2 rings (SSSR count). The molecule has 0 bridgehead atoms. The third kappa shape index (κ3) is 3.03. The van der Waals surface area contributed by atoms with Crippen LogP contribution in [0.5, 0.6) is 0 Å². The van der Waals surface area contributed by atoms with Crippen molar-refractivity contribution >= 4 is 0 Å². The van der Waals surface area contributed by atoms with Gasteiger partial charge in [0.15, 0.2) is 0 Å². The highest BCUT2D eigenvalue weighted by Gasteiger charge is 1.96. The Kier molecular flexibility index (Phi) is 3.85. The number of hydrogen-bond acceptors (Lipinski definition) is 0. The van der Waals surface area contributed by atoms with Gasteiger partial charge in [-0.25, -0.2) is 0 Å². The molecule has 0 atom stereocenters. The lowest BCUT2D eigenvalue weighted by atomic mass is 10.0. The van der Waals surface area contributed by atoms with Crippen molar-refractivity contribution < 1.29 is 0 Å². The second-order valence-electron chi connectivity index (χ2n) is 4.18. The third-order valence-corrected chi connectivity index (χ3v) is 2.94. The zero-order chi connectivity index (χ0) is 12.8. The Morgan fingerprint density at radius 2 is 0.944 bits per heavy atom. The van der Waals surface area contributed by atoms with Crippen molar-refractivity contribution in [1.29, 1.82) is 0 Å². The Morgan fingerprint density at radius 1 is 0.611 bits per heavy atom. The number of terminal acetylenes is 2. The first kappa shape index (κ1) is 12.0. The van der Waals surface area contributed by atoms with Crippen molar-refractivity contribution in [1.82, 2.24) is 0 Å². The molecule has 0 aliphatic carbocycles. The van der Waals surface area contributed by atoms with E-state index in [4.69, 9.17) is 12.8 Å². The van der Waals surface area contributed by atoms with Gasteiger partial charge in [-0.2, -0.15) is 0 Å². The average Bonchev–Trinajstić information content (AvgIpc) is 2.46. The fourth-order valence-corrected chi connectivity index (χ4v) is 1.82. The predicted octanol–water partition coefficient (Wildman–Crippen LogP) is 3.43. The Labute approximate surface area is 109 Å². The molecule has 0 saturated heterocycles. The molecule has 0 saturated carbocycles.